The predicted octanol–water partition coefficient (Wildman–Crippen LogP) is 2.49. The lowest BCUT2D eigenvalue weighted by molar-refractivity contribution is -0.119. The number of thiophene rings is 1. The molecule has 2 aliphatic rings. The monoisotopic (exact) mass is 422 g/mol. The molecule has 2 amide bonds. The maximum absolute atomic E-state index is 13.2. The number of piperazine rings is 1. The van der Waals surface area contributed by atoms with E-state index in [0.29, 0.717) is 43.6 Å². The van der Waals surface area contributed by atoms with Crippen LogP contribution in [0.15, 0.2) is 29.9 Å². The Labute approximate surface area is 178 Å². The van der Waals surface area contributed by atoms with Crippen LogP contribution in [-0.2, 0) is 4.79 Å². The van der Waals surface area contributed by atoms with Gasteiger partial charge in [0.1, 0.15) is 0 Å². The molecule has 9 heteroatoms. The third-order valence-corrected chi connectivity index (χ3v) is 6.53. The van der Waals surface area contributed by atoms with Crippen molar-refractivity contribution in [2.45, 2.75) is 25.7 Å². The first-order valence-electron chi connectivity index (χ1n) is 10.1. The summed E-state index contributed by atoms with van der Waals surface area (Å²) in [6, 6.07) is 4.05. The Kier molecular flexibility index (Phi) is 4.82. The van der Waals surface area contributed by atoms with Crippen LogP contribution in [0.1, 0.15) is 40.4 Å². The van der Waals surface area contributed by atoms with Crippen molar-refractivity contribution in [3.63, 3.8) is 0 Å². The van der Waals surface area contributed by atoms with Crippen molar-refractivity contribution < 1.29 is 9.59 Å². The zero-order chi connectivity index (χ0) is 20.7. The molecule has 0 radical (unpaired) electrons. The molecule has 30 heavy (non-hydrogen) atoms. The van der Waals surface area contributed by atoms with E-state index in [-0.39, 0.29) is 5.91 Å². The Morgan fingerprint density at radius 3 is 2.67 bits per heavy atom. The van der Waals surface area contributed by atoms with E-state index in [1.807, 2.05) is 30.6 Å². The molecule has 0 unspecified atom stereocenters. The molecule has 4 heterocycles. The van der Waals surface area contributed by atoms with Crippen molar-refractivity contribution in [1.82, 2.24) is 29.5 Å². The Balaban J connectivity index is 1.49. The largest absolute Gasteiger partial charge is 0.342 e. The van der Waals surface area contributed by atoms with Crippen LogP contribution in [-0.4, -0.2) is 68.0 Å². The molecule has 8 nitrogen and oxygen atoms in total. The van der Waals surface area contributed by atoms with Gasteiger partial charge in [-0.05, 0) is 36.8 Å². The fourth-order valence-electron chi connectivity index (χ4n) is 3.83. The average molecular weight is 423 g/mol. The summed E-state index contributed by atoms with van der Waals surface area (Å²) >= 11 is 1.64. The van der Waals surface area contributed by atoms with Crippen molar-refractivity contribution in [3.8, 4) is 16.5 Å². The fourth-order valence-corrected chi connectivity index (χ4v) is 4.61. The van der Waals surface area contributed by atoms with E-state index in [9.17, 15) is 9.59 Å². The van der Waals surface area contributed by atoms with E-state index in [4.69, 9.17) is 4.98 Å². The highest BCUT2D eigenvalue weighted by molar-refractivity contribution is 7.13. The number of rotatable bonds is 5. The van der Waals surface area contributed by atoms with Gasteiger partial charge in [0.25, 0.3) is 11.9 Å². The first kappa shape index (κ1) is 18.9. The molecule has 1 aliphatic carbocycles. The summed E-state index contributed by atoms with van der Waals surface area (Å²) in [7, 11) is 0. The Bertz CT molecular complexity index is 1080. The lowest BCUT2D eigenvalue weighted by Gasteiger charge is -2.32. The Morgan fingerprint density at radius 1 is 1.20 bits per heavy atom. The summed E-state index contributed by atoms with van der Waals surface area (Å²) in [6.07, 6.45) is 6.38. The maximum atomic E-state index is 13.2. The van der Waals surface area contributed by atoms with Crippen LogP contribution < -0.4 is 0 Å². The molecule has 1 aliphatic heterocycles. The SMILES string of the molecule is Cc1cnc(-n2ncc(C(=O)N3CCN(C=O)CC3)c2C2CC2)nc1-c1cccs1. The zero-order valence-corrected chi connectivity index (χ0v) is 17.5. The predicted molar refractivity (Wildman–Crippen MR) is 113 cm³/mol. The van der Waals surface area contributed by atoms with E-state index in [1.165, 1.54) is 0 Å². The normalized spacial score (nSPS) is 16.7. The number of nitrogens with zero attached hydrogens (tertiary/aromatic N) is 6. The van der Waals surface area contributed by atoms with Gasteiger partial charge in [0, 0.05) is 38.3 Å². The van der Waals surface area contributed by atoms with Crippen molar-refractivity contribution in [2.24, 2.45) is 0 Å². The molecule has 1 saturated heterocycles. The number of carbonyl (C=O) groups is 2. The van der Waals surface area contributed by atoms with Crippen LogP contribution in [0.2, 0.25) is 0 Å². The maximum Gasteiger partial charge on any atom is 0.257 e. The lowest BCUT2D eigenvalue weighted by atomic mass is 10.1. The first-order chi connectivity index (χ1) is 14.7. The van der Waals surface area contributed by atoms with Crippen molar-refractivity contribution in [1.29, 1.82) is 0 Å². The van der Waals surface area contributed by atoms with Crippen LogP contribution in [0.4, 0.5) is 0 Å². The molecule has 3 aromatic rings. The number of hydrogen-bond donors (Lipinski definition) is 0. The summed E-state index contributed by atoms with van der Waals surface area (Å²) in [6.45, 7) is 4.20. The van der Waals surface area contributed by atoms with Crippen molar-refractivity contribution in [3.05, 3.63) is 46.7 Å². The summed E-state index contributed by atoms with van der Waals surface area (Å²) in [4.78, 5) is 38.1. The van der Waals surface area contributed by atoms with E-state index < -0.39 is 0 Å². The molecule has 0 N–H and O–H groups in total. The second-order valence-electron chi connectivity index (χ2n) is 7.74. The summed E-state index contributed by atoms with van der Waals surface area (Å²) in [5.41, 5.74) is 3.42. The van der Waals surface area contributed by atoms with E-state index in [1.54, 1.807) is 32.0 Å². The van der Waals surface area contributed by atoms with Crippen LogP contribution in [0.5, 0.6) is 0 Å². The second kappa shape index (κ2) is 7.64. The highest BCUT2D eigenvalue weighted by Gasteiger charge is 2.35. The zero-order valence-electron chi connectivity index (χ0n) is 16.7. The van der Waals surface area contributed by atoms with Gasteiger partial charge in [-0.3, -0.25) is 9.59 Å². The lowest BCUT2D eigenvalue weighted by Crippen LogP contribution is -2.48. The molecule has 3 aromatic heterocycles. The third-order valence-electron chi connectivity index (χ3n) is 5.65. The molecule has 0 aromatic carbocycles. The summed E-state index contributed by atoms with van der Waals surface area (Å²) in [5, 5.41) is 6.56. The van der Waals surface area contributed by atoms with Gasteiger partial charge in [-0.15, -0.1) is 11.3 Å². The van der Waals surface area contributed by atoms with Gasteiger partial charge >= 0.3 is 0 Å². The number of aryl methyl sites for hydroxylation is 1. The smallest absolute Gasteiger partial charge is 0.257 e. The molecule has 1 saturated carbocycles. The van der Waals surface area contributed by atoms with Crippen LogP contribution in [0.25, 0.3) is 16.5 Å². The molecule has 0 bridgehead atoms. The second-order valence-corrected chi connectivity index (χ2v) is 8.69. The fraction of sp³-hybridized carbons (Fsp3) is 0.381. The van der Waals surface area contributed by atoms with E-state index >= 15 is 0 Å². The molecule has 154 valence electrons. The summed E-state index contributed by atoms with van der Waals surface area (Å²) < 4.78 is 1.74. The molecule has 2 fully saturated rings. The minimum Gasteiger partial charge on any atom is -0.342 e. The number of aromatic nitrogens is 4. The van der Waals surface area contributed by atoms with Gasteiger partial charge in [-0.1, -0.05) is 6.07 Å². The van der Waals surface area contributed by atoms with Gasteiger partial charge in [0.05, 0.1) is 28.0 Å². The summed E-state index contributed by atoms with van der Waals surface area (Å²) in [5.74, 6) is 0.771. The van der Waals surface area contributed by atoms with E-state index in [2.05, 4.69) is 10.1 Å². The van der Waals surface area contributed by atoms with Crippen LogP contribution >= 0.6 is 11.3 Å². The first-order valence-corrected chi connectivity index (χ1v) is 11.0. The van der Waals surface area contributed by atoms with Gasteiger partial charge in [0.2, 0.25) is 6.41 Å². The minimum absolute atomic E-state index is 0.0284. The quantitative estimate of drug-likeness (QED) is 0.590. The molecule has 0 spiro atoms. The Hall–Kier alpha value is -3.07. The number of carbonyl (C=O) groups excluding carboxylic acids is 2. The van der Waals surface area contributed by atoms with Crippen LogP contribution in [0.3, 0.4) is 0 Å². The highest BCUT2D eigenvalue weighted by atomic mass is 32.1. The molecule has 0 atom stereocenters. The standard InChI is InChI=1S/C21H22N6O2S/c1-14-11-22-21(24-18(14)17-3-2-10-30-17)27-19(15-4-5-15)16(12-23-27)20(29)26-8-6-25(13-28)7-9-26/h2-3,10-13,15H,4-9H2,1H3. The average Bonchev–Trinajstić information content (AvgIpc) is 3.28. The topological polar surface area (TPSA) is 84.2 Å². The van der Waals surface area contributed by atoms with Gasteiger partial charge in [-0.2, -0.15) is 5.10 Å². The van der Waals surface area contributed by atoms with Crippen molar-refractivity contribution in [2.75, 3.05) is 26.2 Å². The number of amides is 2. The molecule has 5 rings (SSSR count). The van der Waals surface area contributed by atoms with E-state index in [0.717, 1.165) is 41.1 Å². The van der Waals surface area contributed by atoms with Crippen molar-refractivity contribution >= 4 is 23.7 Å². The van der Waals surface area contributed by atoms with Gasteiger partial charge in [-0.25, -0.2) is 14.6 Å². The van der Waals surface area contributed by atoms with Crippen LogP contribution in [0, 0.1) is 6.92 Å². The third kappa shape index (κ3) is 3.39. The molecular formula is C21H22N6O2S. The Morgan fingerprint density at radius 2 is 2.00 bits per heavy atom. The van der Waals surface area contributed by atoms with Gasteiger partial charge in [0.15, 0.2) is 0 Å². The minimum atomic E-state index is -0.0284. The highest BCUT2D eigenvalue weighted by Crippen LogP contribution is 2.42. The number of hydrogen-bond acceptors (Lipinski definition) is 6. The molecular weight excluding hydrogens is 400 g/mol. The van der Waals surface area contributed by atoms with Gasteiger partial charge < -0.3 is 9.80 Å².